The third-order valence-corrected chi connectivity index (χ3v) is 4.87. The van der Waals surface area contributed by atoms with E-state index in [1.165, 1.54) is 12.1 Å². The molecule has 1 N–H and O–H groups in total. The molecule has 2 aliphatic heterocycles. The lowest BCUT2D eigenvalue weighted by Crippen LogP contribution is -2.54. The van der Waals surface area contributed by atoms with E-state index in [0.29, 0.717) is 38.4 Å². The third kappa shape index (κ3) is 4.62. The number of guanidine groups is 1. The summed E-state index contributed by atoms with van der Waals surface area (Å²) in [6.45, 7) is 5.94. The van der Waals surface area contributed by atoms with Crippen LogP contribution in [-0.2, 0) is 4.74 Å². The smallest absolute Gasteiger partial charge is 0.193 e. The Bertz CT molecular complexity index is 634. The number of nitrogens with one attached hydrogen (secondary N) is 1. The molecule has 8 heteroatoms. The first-order valence-electron chi connectivity index (χ1n) is 9.02. The van der Waals surface area contributed by atoms with Gasteiger partial charge < -0.3 is 24.8 Å². The predicted octanol–water partition coefficient (Wildman–Crippen LogP) is 0.993. The number of ether oxygens (including phenoxy) is 1. The lowest BCUT2D eigenvalue weighted by atomic mass is 10.2. The second-order valence-electron chi connectivity index (χ2n) is 6.75. The average molecular weight is 367 g/mol. The van der Waals surface area contributed by atoms with Crippen LogP contribution in [0.3, 0.4) is 0 Å². The predicted molar refractivity (Wildman–Crippen MR) is 98.7 cm³/mol. The summed E-state index contributed by atoms with van der Waals surface area (Å²) in [5.74, 6) is 0.0147. The number of benzene rings is 1. The summed E-state index contributed by atoms with van der Waals surface area (Å²) in [7, 11) is 3.85. The van der Waals surface area contributed by atoms with Gasteiger partial charge in [-0.2, -0.15) is 0 Å². The van der Waals surface area contributed by atoms with Crippen molar-refractivity contribution in [2.75, 3.05) is 71.4 Å². The van der Waals surface area contributed by atoms with Crippen molar-refractivity contribution in [2.45, 2.75) is 6.10 Å². The van der Waals surface area contributed by atoms with Gasteiger partial charge in [0.05, 0.1) is 18.4 Å². The van der Waals surface area contributed by atoms with Crippen LogP contribution in [0.2, 0.25) is 0 Å². The minimum absolute atomic E-state index is 0.146. The van der Waals surface area contributed by atoms with Crippen LogP contribution in [0, 0.1) is 11.6 Å². The third-order valence-electron chi connectivity index (χ3n) is 4.87. The van der Waals surface area contributed by atoms with Crippen LogP contribution in [0.5, 0.6) is 0 Å². The van der Waals surface area contributed by atoms with Crippen LogP contribution in [0.1, 0.15) is 0 Å². The molecule has 2 heterocycles. The Balaban J connectivity index is 1.52. The van der Waals surface area contributed by atoms with Crippen LogP contribution in [0.15, 0.2) is 23.2 Å². The normalized spacial score (nSPS) is 22.6. The second-order valence-corrected chi connectivity index (χ2v) is 6.75. The average Bonchev–Trinajstić information content (AvgIpc) is 2.65. The van der Waals surface area contributed by atoms with Crippen molar-refractivity contribution in [3.8, 4) is 0 Å². The first-order valence-corrected chi connectivity index (χ1v) is 9.02. The number of rotatable bonds is 3. The number of aliphatic imine (C=N–C) groups is 1. The summed E-state index contributed by atoms with van der Waals surface area (Å²) >= 11 is 0. The maximum absolute atomic E-state index is 14.0. The highest BCUT2D eigenvalue weighted by molar-refractivity contribution is 5.80. The Kier molecular flexibility index (Phi) is 6.26. The van der Waals surface area contributed by atoms with E-state index in [9.17, 15) is 8.78 Å². The van der Waals surface area contributed by atoms with Crippen LogP contribution in [-0.4, -0.2) is 88.4 Å². The molecule has 1 aromatic rings. The highest BCUT2D eigenvalue weighted by Crippen LogP contribution is 2.21. The summed E-state index contributed by atoms with van der Waals surface area (Å²) < 4.78 is 33.1. The molecule has 3 rings (SSSR count). The SMILES string of the molecule is CN=C(NCC1CN(C)CCO1)N1CCN(c2cc(F)ccc2F)CC1. The molecule has 1 unspecified atom stereocenters. The summed E-state index contributed by atoms with van der Waals surface area (Å²) in [4.78, 5) is 10.6. The van der Waals surface area contributed by atoms with Gasteiger partial charge in [-0.25, -0.2) is 8.78 Å². The Morgan fingerprint density at radius 3 is 2.69 bits per heavy atom. The van der Waals surface area contributed by atoms with Gasteiger partial charge in [0.2, 0.25) is 0 Å². The van der Waals surface area contributed by atoms with Gasteiger partial charge in [-0.05, 0) is 19.2 Å². The summed E-state index contributed by atoms with van der Waals surface area (Å²) in [5, 5.41) is 3.38. The fraction of sp³-hybridized carbons (Fsp3) is 0.611. The molecular weight excluding hydrogens is 340 g/mol. The van der Waals surface area contributed by atoms with Gasteiger partial charge in [-0.3, -0.25) is 4.99 Å². The van der Waals surface area contributed by atoms with Crippen LogP contribution in [0.25, 0.3) is 0 Å². The molecule has 0 saturated carbocycles. The number of likely N-dealkylation sites (N-methyl/N-ethyl adjacent to an activating group) is 1. The minimum Gasteiger partial charge on any atom is -0.374 e. The Labute approximate surface area is 153 Å². The number of anilines is 1. The van der Waals surface area contributed by atoms with Gasteiger partial charge in [0, 0.05) is 58.9 Å². The van der Waals surface area contributed by atoms with E-state index in [2.05, 4.69) is 27.2 Å². The molecule has 144 valence electrons. The lowest BCUT2D eigenvalue weighted by molar-refractivity contribution is -0.0163. The van der Waals surface area contributed by atoms with Gasteiger partial charge in [0.15, 0.2) is 5.96 Å². The van der Waals surface area contributed by atoms with Gasteiger partial charge >= 0.3 is 0 Å². The minimum atomic E-state index is -0.418. The quantitative estimate of drug-likeness (QED) is 0.638. The van der Waals surface area contributed by atoms with E-state index in [-0.39, 0.29) is 11.9 Å². The Morgan fingerprint density at radius 2 is 2.00 bits per heavy atom. The molecule has 26 heavy (non-hydrogen) atoms. The van der Waals surface area contributed by atoms with Crippen LogP contribution < -0.4 is 10.2 Å². The Morgan fingerprint density at radius 1 is 1.23 bits per heavy atom. The highest BCUT2D eigenvalue weighted by Gasteiger charge is 2.23. The van der Waals surface area contributed by atoms with Crippen molar-refractivity contribution >= 4 is 11.6 Å². The molecule has 0 spiro atoms. The molecule has 1 atom stereocenters. The molecule has 0 radical (unpaired) electrons. The van der Waals surface area contributed by atoms with E-state index >= 15 is 0 Å². The zero-order valence-electron chi connectivity index (χ0n) is 15.4. The Hall–Kier alpha value is -1.93. The van der Waals surface area contributed by atoms with Crippen LogP contribution >= 0.6 is 0 Å². The van der Waals surface area contributed by atoms with Crippen molar-refractivity contribution in [3.63, 3.8) is 0 Å². The first-order chi connectivity index (χ1) is 12.6. The summed E-state index contributed by atoms with van der Waals surface area (Å²) in [6, 6.07) is 3.58. The van der Waals surface area contributed by atoms with Crippen LogP contribution in [0.4, 0.5) is 14.5 Å². The van der Waals surface area contributed by atoms with Gasteiger partial charge in [0.1, 0.15) is 11.6 Å². The van der Waals surface area contributed by atoms with E-state index in [1.807, 2.05) is 4.90 Å². The molecule has 2 fully saturated rings. The molecule has 2 aliphatic rings. The lowest BCUT2D eigenvalue weighted by Gasteiger charge is -2.38. The standard InChI is InChI=1S/C18H27F2N5O/c1-21-18(22-12-15-13-23(2)9-10-26-15)25-7-5-24(6-8-25)17-11-14(19)3-4-16(17)20/h3-4,11,15H,5-10,12-13H2,1-2H3,(H,21,22). The maximum Gasteiger partial charge on any atom is 0.193 e. The second kappa shape index (κ2) is 8.64. The van der Waals surface area contributed by atoms with Gasteiger partial charge in [-0.1, -0.05) is 0 Å². The van der Waals surface area contributed by atoms with Crippen molar-refractivity contribution in [3.05, 3.63) is 29.8 Å². The molecule has 0 bridgehead atoms. The topological polar surface area (TPSA) is 43.3 Å². The van der Waals surface area contributed by atoms with E-state index in [4.69, 9.17) is 4.74 Å². The zero-order valence-corrected chi connectivity index (χ0v) is 15.4. The first kappa shape index (κ1) is 18.8. The maximum atomic E-state index is 14.0. The highest BCUT2D eigenvalue weighted by atomic mass is 19.1. The number of nitrogens with zero attached hydrogens (tertiary/aromatic N) is 4. The molecular formula is C18H27F2N5O. The zero-order chi connectivity index (χ0) is 18.5. The van der Waals surface area contributed by atoms with E-state index in [1.54, 1.807) is 7.05 Å². The largest absolute Gasteiger partial charge is 0.374 e. The van der Waals surface area contributed by atoms with Crippen molar-refractivity contribution < 1.29 is 13.5 Å². The molecule has 1 aromatic carbocycles. The fourth-order valence-corrected chi connectivity index (χ4v) is 3.42. The molecule has 2 saturated heterocycles. The molecule has 0 aromatic heterocycles. The van der Waals surface area contributed by atoms with Crippen molar-refractivity contribution in [1.29, 1.82) is 0 Å². The number of hydrogen-bond donors (Lipinski definition) is 1. The number of halogens is 2. The molecule has 0 amide bonds. The van der Waals surface area contributed by atoms with Crippen molar-refractivity contribution in [1.82, 2.24) is 15.1 Å². The summed E-state index contributed by atoms with van der Waals surface area (Å²) in [5.41, 5.74) is 0.325. The summed E-state index contributed by atoms with van der Waals surface area (Å²) in [6.07, 6.45) is 0.146. The van der Waals surface area contributed by atoms with E-state index < -0.39 is 5.82 Å². The monoisotopic (exact) mass is 367 g/mol. The number of piperazine rings is 1. The number of morpholine rings is 1. The number of hydrogen-bond acceptors (Lipinski definition) is 4. The van der Waals surface area contributed by atoms with Gasteiger partial charge in [0.25, 0.3) is 0 Å². The molecule has 0 aliphatic carbocycles. The van der Waals surface area contributed by atoms with Gasteiger partial charge in [-0.15, -0.1) is 0 Å². The van der Waals surface area contributed by atoms with Crippen molar-refractivity contribution in [2.24, 2.45) is 4.99 Å². The fourth-order valence-electron chi connectivity index (χ4n) is 3.42. The van der Waals surface area contributed by atoms with E-state index in [0.717, 1.165) is 31.7 Å². The molecule has 6 nitrogen and oxygen atoms in total.